The van der Waals surface area contributed by atoms with E-state index in [4.69, 9.17) is 46.4 Å². The summed E-state index contributed by atoms with van der Waals surface area (Å²) in [4.78, 5) is 26.9. The van der Waals surface area contributed by atoms with Crippen molar-refractivity contribution in [2.24, 2.45) is 0 Å². The number of amides is 2. The summed E-state index contributed by atoms with van der Waals surface area (Å²) in [6, 6.07) is 9.22. The molecule has 0 aliphatic carbocycles. The van der Waals surface area contributed by atoms with E-state index in [2.05, 4.69) is 10.6 Å². The smallest absolute Gasteiger partial charge is 0.262 e. The highest BCUT2D eigenvalue weighted by Gasteiger charge is 2.21. The van der Waals surface area contributed by atoms with Gasteiger partial charge in [-0.15, -0.1) is 0 Å². The van der Waals surface area contributed by atoms with Crippen LogP contribution in [-0.2, 0) is 9.59 Å². The second kappa shape index (κ2) is 9.33. The molecule has 2 N–H and O–H groups in total. The molecule has 2 aromatic carbocycles. The highest BCUT2D eigenvalue weighted by atomic mass is 35.5. The lowest BCUT2D eigenvalue weighted by Gasteiger charge is -2.14. The minimum Gasteiger partial charge on any atom is -0.383 e. The fourth-order valence-corrected chi connectivity index (χ4v) is 2.95. The fourth-order valence-electron chi connectivity index (χ4n) is 2.04. The molecule has 0 heterocycles. The Hall–Kier alpha value is -1.92. The Labute approximate surface area is 176 Å². The van der Waals surface area contributed by atoms with Crippen molar-refractivity contribution >= 4 is 69.6 Å². The first-order valence-corrected chi connectivity index (χ1v) is 9.09. The molecule has 0 bridgehead atoms. The maximum Gasteiger partial charge on any atom is 0.262 e. The van der Waals surface area contributed by atoms with E-state index in [-0.39, 0.29) is 15.6 Å². The molecular weight excluding hydrogens is 432 g/mol. The third kappa shape index (κ3) is 6.04. The van der Waals surface area contributed by atoms with E-state index in [1.165, 1.54) is 18.3 Å². The van der Waals surface area contributed by atoms with Gasteiger partial charge < -0.3 is 15.5 Å². The van der Waals surface area contributed by atoms with Crippen LogP contribution in [0.4, 0.5) is 11.4 Å². The van der Waals surface area contributed by atoms with E-state index >= 15 is 0 Å². The molecule has 5 nitrogen and oxygen atoms in total. The van der Waals surface area contributed by atoms with Gasteiger partial charge in [-0.25, -0.2) is 0 Å². The Morgan fingerprint density at radius 2 is 1.22 bits per heavy atom. The first kappa shape index (κ1) is 21.4. The van der Waals surface area contributed by atoms with E-state index in [9.17, 15) is 9.59 Å². The molecule has 0 saturated carbocycles. The molecule has 2 rings (SSSR count). The number of carbonyl (C=O) groups is 2. The summed E-state index contributed by atoms with van der Waals surface area (Å²) < 4.78 is 0. The number of anilines is 2. The van der Waals surface area contributed by atoms with Crippen LogP contribution in [0.25, 0.3) is 0 Å². The molecule has 0 saturated heterocycles. The maximum absolute atomic E-state index is 12.6. The average molecular weight is 447 g/mol. The van der Waals surface area contributed by atoms with Crippen molar-refractivity contribution in [2.75, 3.05) is 24.7 Å². The van der Waals surface area contributed by atoms with Crippen LogP contribution < -0.4 is 10.6 Å². The Morgan fingerprint density at radius 3 is 1.56 bits per heavy atom. The number of nitrogens with one attached hydrogen (secondary N) is 2. The zero-order valence-corrected chi connectivity index (χ0v) is 17.3. The molecule has 0 aromatic heterocycles. The summed E-state index contributed by atoms with van der Waals surface area (Å²) in [5.74, 6) is -1.29. The lowest BCUT2D eigenvalue weighted by molar-refractivity contribution is -0.118. The molecule has 2 amide bonds. The van der Waals surface area contributed by atoms with Gasteiger partial charge in [0, 0.05) is 30.3 Å². The number of benzene rings is 2. The molecule has 0 aliphatic heterocycles. The minimum absolute atomic E-state index is 0.142. The standard InChI is InChI=1S/C18H15Cl4N3O2/c1-25(2)9-12(17(26)23-15-5-3-10(19)7-13(15)21)18(27)24-16-6-4-11(20)8-14(16)22/h3-9H,1-2H3,(H,23,26)(H,24,27). The summed E-state index contributed by atoms with van der Waals surface area (Å²) in [5.41, 5.74) is 0.512. The van der Waals surface area contributed by atoms with Crippen molar-refractivity contribution in [3.63, 3.8) is 0 Å². The van der Waals surface area contributed by atoms with E-state index in [0.717, 1.165) is 0 Å². The average Bonchev–Trinajstić information content (AvgIpc) is 2.57. The highest BCUT2D eigenvalue weighted by Crippen LogP contribution is 2.27. The van der Waals surface area contributed by atoms with Crippen molar-refractivity contribution in [3.05, 3.63) is 68.3 Å². The Balaban J connectivity index is 2.25. The number of hydrogen-bond donors (Lipinski definition) is 2. The summed E-state index contributed by atoms with van der Waals surface area (Å²) in [5, 5.41) is 6.55. The van der Waals surface area contributed by atoms with Gasteiger partial charge in [0.05, 0.1) is 21.4 Å². The van der Waals surface area contributed by atoms with Crippen LogP contribution in [0.15, 0.2) is 48.2 Å². The van der Waals surface area contributed by atoms with Gasteiger partial charge in [0.25, 0.3) is 11.8 Å². The summed E-state index contributed by atoms with van der Waals surface area (Å²) in [7, 11) is 3.37. The van der Waals surface area contributed by atoms with Crippen molar-refractivity contribution in [2.45, 2.75) is 0 Å². The van der Waals surface area contributed by atoms with Crippen LogP contribution in [0.5, 0.6) is 0 Å². The van der Waals surface area contributed by atoms with E-state index < -0.39 is 11.8 Å². The molecule has 27 heavy (non-hydrogen) atoms. The number of carbonyl (C=O) groups excluding carboxylic acids is 2. The molecular formula is C18H15Cl4N3O2. The number of halogens is 4. The van der Waals surface area contributed by atoms with Gasteiger partial charge in [-0.1, -0.05) is 46.4 Å². The molecule has 0 aliphatic rings. The first-order valence-electron chi connectivity index (χ1n) is 7.58. The second-order valence-corrected chi connectivity index (χ2v) is 7.35. The zero-order valence-electron chi connectivity index (χ0n) is 14.3. The summed E-state index contributed by atoms with van der Waals surface area (Å²) >= 11 is 23.8. The van der Waals surface area contributed by atoms with E-state index in [1.807, 2.05) is 0 Å². The summed E-state index contributed by atoms with van der Waals surface area (Å²) in [6.07, 6.45) is 1.39. The van der Waals surface area contributed by atoms with Crippen LogP contribution in [0.3, 0.4) is 0 Å². The quantitative estimate of drug-likeness (QED) is 0.371. The largest absolute Gasteiger partial charge is 0.383 e. The van der Waals surface area contributed by atoms with Gasteiger partial charge in [-0.3, -0.25) is 9.59 Å². The Kier molecular flexibility index (Phi) is 7.39. The predicted molar refractivity (Wildman–Crippen MR) is 112 cm³/mol. The van der Waals surface area contributed by atoms with Gasteiger partial charge in [0.1, 0.15) is 5.57 Å². The Bertz CT molecular complexity index is 846. The molecule has 0 radical (unpaired) electrons. The number of nitrogens with zero attached hydrogens (tertiary/aromatic N) is 1. The molecule has 9 heteroatoms. The molecule has 142 valence electrons. The molecule has 2 aromatic rings. The highest BCUT2D eigenvalue weighted by molar-refractivity contribution is 6.38. The molecule has 0 unspecified atom stereocenters. The van der Waals surface area contributed by atoms with Crippen molar-refractivity contribution < 1.29 is 9.59 Å². The maximum atomic E-state index is 12.6. The number of hydrogen-bond acceptors (Lipinski definition) is 3. The van der Waals surface area contributed by atoms with Crippen molar-refractivity contribution in [1.29, 1.82) is 0 Å². The van der Waals surface area contributed by atoms with Crippen LogP contribution >= 0.6 is 46.4 Å². The third-order valence-corrected chi connectivity index (χ3v) is 4.33. The number of rotatable bonds is 5. The fraction of sp³-hybridized carbons (Fsp3) is 0.111. The topological polar surface area (TPSA) is 61.4 Å². The van der Waals surface area contributed by atoms with Crippen LogP contribution in [-0.4, -0.2) is 30.8 Å². The third-order valence-electron chi connectivity index (χ3n) is 3.24. The van der Waals surface area contributed by atoms with Crippen LogP contribution in [0, 0.1) is 0 Å². The van der Waals surface area contributed by atoms with Gasteiger partial charge in [-0.05, 0) is 36.4 Å². The van der Waals surface area contributed by atoms with Gasteiger partial charge in [0.2, 0.25) is 0 Å². The van der Waals surface area contributed by atoms with Crippen molar-refractivity contribution in [3.8, 4) is 0 Å². The molecule has 0 atom stereocenters. The molecule has 0 spiro atoms. The molecule has 0 fully saturated rings. The van der Waals surface area contributed by atoms with Gasteiger partial charge >= 0.3 is 0 Å². The van der Waals surface area contributed by atoms with Crippen LogP contribution in [0.1, 0.15) is 0 Å². The summed E-state index contributed by atoms with van der Waals surface area (Å²) in [6.45, 7) is 0. The van der Waals surface area contributed by atoms with Gasteiger partial charge in [0.15, 0.2) is 0 Å². The zero-order chi connectivity index (χ0) is 20.1. The van der Waals surface area contributed by atoms with E-state index in [0.29, 0.717) is 21.4 Å². The SMILES string of the molecule is CN(C)C=C(C(=O)Nc1ccc(Cl)cc1Cl)C(=O)Nc1ccc(Cl)cc1Cl. The predicted octanol–water partition coefficient (Wildman–Crippen LogP) is 5.32. The second-order valence-electron chi connectivity index (χ2n) is 5.66. The lowest BCUT2D eigenvalue weighted by atomic mass is 10.2. The minimum atomic E-state index is -0.643. The normalized spacial score (nSPS) is 10.1. The lowest BCUT2D eigenvalue weighted by Crippen LogP contribution is -2.27. The van der Waals surface area contributed by atoms with Crippen LogP contribution in [0.2, 0.25) is 20.1 Å². The monoisotopic (exact) mass is 445 g/mol. The Morgan fingerprint density at radius 1 is 0.815 bits per heavy atom. The van der Waals surface area contributed by atoms with Gasteiger partial charge in [-0.2, -0.15) is 0 Å². The van der Waals surface area contributed by atoms with E-state index in [1.54, 1.807) is 43.3 Å². The van der Waals surface area contributed by atoms with Crippen molar-refractivity contribution in [1.82, 2.24) is 4.90 Å². The first-order chi connectivity index (χ1) is 12.7.